The molecule has 1 aromatic carbocycles. The molecule has 0 unspecified atom stereocenters. The minimum absolute atomic E-state index is 0.00611. The number of hydrogen-bond acceptors (Lipinski definition) is 4. The van der Waals surface area contributed by atoms with Gasteiger partial charge in [-0.3, -0.25) is 4.79 Å². The van der Waals surface area contributed by atoms with E-state index >= 15 is 0 Å². The molecule has 0 saturated heterocycles. The van der Waals surface area contributed by atoms with Gasteiger partial charge in [0.2, 0.25) is 0 Å². The van der Waals surface area contributed by atoms with Crippen LogP contribution in [-0.2, 0) is 11.4 Å². The molecule has 1 rings (SSSR count). The molecule has 17 heavy (non-hydrogen) atoms. The molecule has 92 valence electrons. The average molecular weight is 238 g/mol. The Morgan fingerprint density at radius 3 is 2.47 bits per heavy atom. The highest BCUT2D eigenvalue weighted by Crippen LogP contribution is 2.21. The minimum atomic E-state index is -1.20. The van der Waals surface area contributed by atoms with Gasteiger partial charge in [-0.25, -0.2) is 4.79 Å². The highest BCUT2D eigenvalue weighted by molar-refractivity contribution is 5.92. The quantitative estimate of drug-likeness (QED) is 0.612. The Morgan fingerprint density at radius 2 is 2.00 bits per heavy atom. The Labute approximate surface area is 98.6 Å². The van der Waals surface area contributed by atoms with E-state index < -0.39 is 11.9 Å². The zero-order valence-electron chi connectivity index (χ0n) is 9.64. The third kappa shape index (κ3) is 3.29. The van der Waals surface area contributed by atoms with E-state index in [1.54, 1.807) is 13.8 Å². The topological polar surface area (TPSA) is 83.8 Å². The Kier molecular flexibility index (Phi) is 4.23. The van der Waals surface area contributed by atoms with Gasteiger partial charge in [-0.1, -0.05) is 19.9 Å². The molecule has 0 atom stereocenters. The molecule has 5 heteroatoms. The molecule has 0 amide bonds. The van der Waals surface area contributed by atoms with Gasteiger partial charge in [-0.15, -0.1) is 0 Å². The van der Waals surface area contributed by atoms with Crippen molar-refractivity contribution in [3.63, 3.8) is 0 Å². The second kappa shape index (κ2) is 5.45. The lowest BCUT2D eigenvalue weighted by atomic mass is 10.1. The molecule has 0 heterocycles. The molecule has 0 aliphatic heterocycles. The normalized spacial score (nSPS) is 10.4. The fourth-order valence-electron chi connectivity index (χ4n) is 1.16. The van der Waals surface area contributed by atoms with Gasteiger partial charge in [-0.2, -0.15) is 0 Å². The Hall–Kier alpha value is -1.88. The van der Waals surface area contributed by atoms with Gasteiger partial charge in [0.1, 0.15) is 11.3 Å². The van der Waals surface area contributed by atoms with E-state index in [0.29, 0.717) is 5.56 Å². The highest BCUT2D eigenvalue weighted by Gasteiger charge is 2.17. The molecule has 2 N–H and O–H groups in total. The van der Waals surface area contributed by atoms with Crippen molar-refractivity contribution >= 4 is 11.9 Å². The summed E-state index contributed by atoms with van der Waals surface area (Å²) in [5, 5.41) is 17.9. The molecular formula is C12H14O5. The number of esters is 1. The number of hydrogen-bond donors (Lipinski definition) is 2. The van der Waals surface area contributed by atoms with E-state index in [4.69, 9.17) is 14.9 Å². The second-order valence-corrected chi connectivity index (χ2v) is 3.87. The largest absolute Gasteiger partial charge is 0.478 e. The fourth-order valence-corrected chi connectivity index (χ4v) is 1.16. The first-order valence-corrected chi connectivity index (χ1v) is 5.14. The van der Waals surface area contributed by atoms with E-state index in [1.165, 1.54) is 18.2 Å². The molecule has 0 fully saturated rings. The molecule has 5 nitrogen and oxygen atoms in total. The van der Waals surface area contributed by atoms with Gasteiger partial charge in [0, 0.05) is 0 Å². The molecule has 0 bridgehead atoms. The molecular weight excluding hydrogens is 224 g/mol. The summed E-state index contributed by atoms with van der Waals surface area (Å²) < 4.78 is 4.97. The lowest BCUT2D eigenvalue weighted by Gasteiger charge is -2.10. The SMILES string of the molecule is CC(C)C(=O)Oc1ccc(CO)cc1C(=O)O. The summed E-state index contributed by atoms with van der Waals surface area (Å²) in [7, 11) is 0. The number of carbonyl (C=O) groups is 2. The number of carboxylic acid groups (broad SMARTS) is 1. The summed E-state index contributed by atoms with van der Waals surface area (Å²) in [5.41, 5.74) is 0.317. The van der Waals surface area contributed by atoms with E-state index in [1.807, 2.05) is 0 Å². The van der Waals surface area contributed by atoms with E-state index in [9.17, 15) is 9.59 Å². The monoisotopic (exact) mass is 238 g/mol. The predicted molar refractivity (Wildman–Crippen MR) is 59.8 cm³/mol. The highest BCUT2D eigenvalue weighted by atomic mass is 16.5. The van der Waals surface area contributed by atoms with E-state index in [0.717, 1.165) is 0 Å². The maximum Gasteiger partial charge on any atom is 0.339 e. The van der Waals surface area contributed by atoms with Crippen LogP contribution in [0.1, 0.15) is 29.8 Å². The van der Waals surface area contributed by atoms with Crippen LogP contribution in [0.15, 0.2) is 18.2 Å². The third-order valence-electron chi connectivity index (χ3n) is 2.14. The first kappa shape index (κ1) is 13.2. The summed E-state index contributed by atoms with van der Waals surface area (Å²) >= 11 is 0. The summed E-state index contributed by atoms with van der Waals surface area (Å²) in [5.74, 6) is -2.04. The fraction of sp³-hybridized carbons (Fsp3) is 0.333. The summed E-state index contributed by atoms with van der Waals surface area (Å²) in [6, 6.07) is 4.16. The van der Waals surface area contributed by atoms with Crippen LogP contribution in [0, 0.1) is 5.92 Å². The lowest BCUT2D eigenvalue weighted by Crippen LogP contribution is -2.16. The minimum Gasteiger partial charge on any atom is -0.478 e. The Balaban J connectivity index is 3.06. The molecule has 0 radical (unpaired) electrons. The average Bonchev–Trinajstić information content (AvgIpc) is 2.29. The molecule has 0 aliphatic rings. The van der Waals surface area contributed by atoms with E-state index in [-0.39, 0.29) is 23.8 Å². The molecule has 1 aromatic rings. The van der Waals surface area contributed by atoms with Gasteiger partial charge in [0.05, 0.1) is 12.5 Å². The van der Waals surface area contributed by atoms with Gasteiger partial charge in [0.15, 0.2) is 0 Å². The number of aliphatic hydroxyl groups excluding tert-OH is 1. The maximum atomic E-state index is 11.4. The van der Waals surface area contributed by atoms with Crippen LogP contribution in [0.4, 0.5) is 0 Å². The van der Waals surface area contributed by atoms with Crippen molar-refractivity contribution in [2.24, 2.45) is 5.92 Å². The number of benzene rings is 1. The van der Waals surface area contributed by atoms with Gasteiger partial charge < -0.3 is 14.9 Å². The summed E-state index contributed by atoms with van der Waals surface area (Å²) in [6.07, 6.45) is 0. The van der Waals surface area contributed by atoms with Crippen molar-refractivity contribution in [1.82, 2.24) is 0 Å². The van der Waals surface area contributed by atoms with Crippen LogP contribution in [0.5, 0.6) is 5.75 Å². The number of carbonyl (C=O) groups excluding carboxylic acids is 1. The number of carboxylic acids is 1. The maximum absolute atomic E-state index is 11.4. The Morgan fingerprint density at radius 1 is 1.35 bits per heavy atom. The van der Waals surface area contributed by atoms with Crippen LogP contribution < -0.4 is 4.74 Å². The van der Waals surface area contributed by atoms with Crippen molar-refractivity contribution in [2.45, 2.75) is 20.5 Å². The smallest absolute Gasteiger partial charge is 0.339 e. The first-order chi connectivity index (χ1) is 7.95. The number of aliphatic hydroxyl groups is 1. The number of rotatable bonds is 4. The standard InChI is InChI=1S/C12H14O5/c1-7(2)12(16)17-10-4-3-8(6-13)5-9(10)11(14)15/h3-5,7,13H,6H2,1-2H3,(H,14,15). The zero-order chi connectivity index (χ0) is 13.0. The van der Waals surface area contributed by atoms with E-state index in [2.05, 4.69) is 0 Å². The third-order valence-corrected chi connectivity index (χ3v) is 2.14. The van der Waals surface area contributed by atoms with Crippen molar-refractivity contribution in [3.8, 4) is 5.75 Å². The summed E-state index contributed by atoms with van der Waals surface area (Å²) in [4.78, 5) is 22.3. The molecule has 0 saturated carbocycles. The summed E-state index contributed by atoms with van der Waals surface area (Å²) in [6.45, 7) is 3.05. The Bertz CT molecular complexity index is 437. The van der Waals surface area contributed by atoms with Crippen LogP contribution in [0.25, 0.3) is 0 Å². The zero-order valence-corrected chi connectivity index (χ0v) is 9.64. The number of aromatic carboxylic acids is 1. The van der Waals surface area contributed by atoms with Crippen molar-refractivity contribution < 1.29 is 24.5 Å². The van der Waals surface area contributed by atoms with Gasteiger partial charge in [-0.05, 0) is 17.7 Å². The predicted octanol–water partition coefficient (Wildman–Crippen LogP) is 1.44. The van der Waals surface area contributed by atoms with Crippen molar-refractivity contribution in [1.29, 1.82) is 0 Å². The molecule has 0 aliphatic carbocycles. The first-order valence-electron chi connectivity index (χ1n) is 5.14. The van der Waals surface area contributed by atoms with Gasteiger partial charge >= 0.3 is 11.9 Å². The van der Waals surface area contributed by atoms with Crippen molar-refractivity contribution in [3.05, 3.63) is 29.3 Å². The molecule has 0 spiro atoms. The molecule has 0 aromatic heterocycles. The van der Waals surface area contributed by atoms with Crippen LogP contribution >= 0.6 is 0 Å². The number of ether oxygens (including phenoxy) is 1. The van der Waals surface area contributed by atoms with Crippen molar-refractivity contribution in [2.75, 3.05) is 0 Å². The second-order valence-electron chi connectivity index (χ2n) is 3.87. The van der Waals surface area contributed by atoms with Crippen LogP contribution in [-0.4, -0.2) is 22.2 Å². The van der Waals surface area contributed by atoms with Crippen LogP contribution in [0.3, 0.4) is 0 Å². The van der Waals surface area contributed by atoms with Gasteiger partial charge in [0.25, 0.3) is 0 Å². The van der Waals surface area contributed by atoms with Crippen LogP contribution in [0.2, 0.25) is 0 Å². The lowest BCUT2D eigenvalue weighted by molar-refractivity contribution is -0.137.